The number of nitrogens with two attached hydrogens (primary N) is 1. The van der Waals surface area contributed by atoms with Crippen LogP contribution in [0.2, 0.25) is 0 Å². The maximum absolute atomic E-state index is 12.0. The smallest absolute Gasteiger partial charge is 0.222 e. The summed E-state index contributed by atoms with van der Waals surface area (Å²) in [6.45, 7) is 2.04. The predicted octanol–water partition coefficient (Wildman–Crippen LogP) is 3.93. The fraction of sp³-hybridized carbons (Fsp3) is 0.222. The average molecular weight is 551 g/mol. The van der Waals surface area contributed by atoms with Gasteiger partial charge in [-0.2, -0.15) is 5.10 Å². The number of fused-ring (bicyclic) bond motifs is 2. The zero-order chi connectivity index (χ0) is 24.1. The first kappa shape index (κ1) is 24.5. The van der Waals surface area contributed by atoms with E-state index in [0.717, 1.165) is 57.6 Å². The molecule has 1 aliphatic rings. The molecule has 5 aromatic rings. The Bertz CT molecular complexity index is 1590. The van der Waals surface area contributed by atoms with Crippen molar-refractivity contribution in [1.82, 2.24) is 29.9 Å². The van der Waals surface area contributed by atoms with E-state index in [-0.39, 0.29) is 50.5 Å². The van der Waals surface area contributed by atoms with Gasteiger partial charge in [-0.05, 0) is 42.1 Å². The van der Waals surface area contributed by atoms with Crippen LogP contribution in [0.15, 0.2) is 54.9 Å². The average Bonchev–Trinajstić information content (AvgIpc) is 3.24. The zero-order valence-electron chi connectivity index (χ0n) is 20.1. The summed E-state index contributed by atoms with van der Waals surface area (Å²) in [6, 6.07) is 19.4. The number of amides is 1. The third-order valence-electron chi connectivity index (χ3n) is 6.96. The Morgan fingerprint density at radius 1 is 1.14 bits per heavy atom. The Morgan fingerprint density at radius 3 is 2.67 bits per heavy atom. The van der Waals surface area contributed by atoms with Crippen molar-refractivity contribution in [3.8, 4) is 22.5 Å². The molecule has 1 aliphatic carbocycles. The van der Waals surface area contributed by atoms with Crippen LogP contribution in [0.5, 0.6) is 0 Å². The maximum Gasteiger partial charge on any atom is 0.222 e. The summed E-state index contributed by atoms with van der Waals surface area (Å²) in [5, 5.41) is 8.14. The normalized spacial score (nSPS) is 16.9. The Kier molecular flexibility index (Phi) is 6.57. The Hall–Kier alpha value is -3.23. The van der Waals surface area contributed by atoms with E-state index in [1.807, 2.05) is 55.5 Å². The summed E-state index contributed by atoms with van der Waals surface area (Å²) in [6.07, 6.45) is 2.91. The Morgan fingerprint density at radius 2 is 1.92 bits per heavy atom. The zero-order valence-corrected chi connectivity index (χ0v) is 22.9. The van der Waals surface area contributed by atoms with Gasteiger partial charge in [-0.1, -0.05) is 42.0 Å². The summed E-state index contributed by atoms with van der Waals surface area (Å²) in [5.41, 5.74) is 12.4. The van der Waals surface area contributed by atoms with E-state index in [1.165, 1.54) is 6.33 Å². The summed E-state index contributed by atoms with van der Waals surface area (Å²) in [4.78, 5) is 26.2. The van der Waals surface area contributed by atoms with Gasteiger partial charge in [-0.3, -0.25) is 4.79 Å². The van der Waals surface area contributed by atoms with Crippen LogP contribution in [0.3, 0.4) is 0 Å². The molecule has 8 nitrogen and oxygen atoms in total. The van der Waals surface area contributed by atoms with Crippen LogP contribution in [-0.4, -0.2) is 37.5 Å². The van der Waals surface area contributed by atoms with Crippen molar-refractivity contribution in [3.05, 3.63) is 72.3 Å². The number of hydrogen-bond donors (Lipinski definition) is 2. The van der Waals surface area contributed by atoms with Crippen molar-refractivity contribution in [2.75, 3.05) is 12.8 Å². The van der Waals surface area contributed by atoms with E-state index in [4.69, 9.17) is 15.7 Å². The van der Waals surface area contributed by atoms with Gasteiger partial charge in [0, 0.05) is 51.6 Å². The molecule has 1 saturated carbocycles. The fourth-order valence-corrected chi connectivity index (χ4v) is 4.95. The van der Waals surface area contributed by atoms with Gasteiger partial charge in [0.05, 0.1) is 0 Å². The monoisotopic (exact) mass is 551 g/mol. The number of aromatic nitrogens is 5. The molecule has 0 bridgehead atoms. The van der Waals surface area contributed by atoms with Gasteiger partial charge < -0.3 is 16.0 Å². The minimum absolute atomic E-state index is 0. The number of anilines is 1. The molecule has 0 saturated heterocycles. The molecule has 0 aliphatic heterocycles. The molecular formula is C27H24N7OY-. The first-order valence-electron chi connectivity index (χ1n) is 11.6. The van der Waals surface area contributed by atoms with Crippen LogP contribution in [0, 0.1) is 18.9 Å². The van der Waals surface area contributed by atoms with Gasteiger partial charge in [0.25, 0.3) is 0 Å². The number of imidazole rings is 1. The van der Waals surface area contributed by atoms with Gasteiger partial charge in [0.1, 0.15) is 23.4 Å². The van der Waals surface area contributed by atoms with Gasteiger partial charge in [0.2, 0.25) is 5.91 Å². The molecule has 36 heavy (non-hydrogen) atoms. The molecule has 6 rings (SSSR count). The third-order valence-corrected chi connectivity index (χ3v) is 6.96. The van der Waals surface area contributed by atoms with Crippen molar-refractivity contribution in [1.29, 1.82) is 0 Å². The predicted molar refractivity (Wildman–Crippen MR) is 134 cm³/mol. The Labute approximate surface area is 233 Å². The van der Waals surface area contributed by atoms with E-state index in [9.17, 15) is 4.79 Å². The Balaban J connectivity index is 0.00000267. The number of nitrogens with one attached hydrogen (secondary N) is 1. The summed E-state index contributed by atoms with van der Waals surface area (Å²) < 4.78 is 1.78. The first-order chi connectivity index (χ1) is 17.0. The second kappa shape index (κ2) is 9.67. The number of nitrogens with zero attached hydrogens (tertiary/aromatic N) is 5. The molecule has 0 spiro atoms. The number of benzene rings is 2. The van der Waals surface area contributed by atoms with Crippen molar-refractivity contribution in [2.45, 2.75) is 25.7 Å². The third kappa shape index (κ3) is 3.98. The van der Waals surface area contributed by atoms with Crippen molar-refractivity contribution in [3.63, 3.8) is 0 Å². The summed E-state index contributed by atoms with van der Waals surface area (Å²) in [7, 11) is 1.67. The largest absolute Gasteiger partial charge is 0.382 e. The molecule has 2 aromatic carbocycles. The summed E-state index contributed by atoms with van der Waals surface area (Å²) in [5.74, 6) is 1.37. The minimum atomic E-state index is -0.00136. The quantitative estimate of drug-likeness (QED) is 0.328. The van der Waals surface area contributed by atoms with E-state index < -0.39 is 0 Å². The molecule has 177 valence electrons. The van der Waals surface area contributed by atoms with Gasteiger partial charge in [0.15, 0.2) is 5.82 Å². The first-order valence-corrected chi connectivity index (χ1v) is 11.6. The molecular weight excluding hydrogens is 527 g/mol. The minimum Gasteiger partial charge on any atom is -0.382 e. The van der Waals surface area contributed by atoms with Crippen LogP contribution in [0.25, 0.3) is 38.9 Å². The number of nitrogen functional groups attached to an aromatic ring is 1. The number of carbonyl (C=O) groups is 1. The number of hydrogen-bond acceptors (Lipinski definition) is 6. The number of rotatable bonds is 4. The topological polar surface area (TPSA) is 111 Å². The van der Waals surface area contributed by atoms with Gasteiger partial charge in [-0.15, -0.1) is 23.6 Å². The molecule has 1 radical (unpaired) electrons. The molecule has 3 N–H and O–H groups in total. The van der Waals surface area contributed by atoms with E-state index in [0.29, 0.717) is 11.3 Å². The number of aryl methyl sites for hydroxylation is 1. The van der Waals surface area contributed by atoms with Gasteiger partial charge >= 0.3 is 0 Å². The molecule has 0 atom stereocenters. The van der Waals surface area contributed by atoms with Crippen LogP contribution >= 0.6 is 0 Å². The van der Waals surface area contributed by atoms with Crippen LogP contribution in [-0.2, 0) is 37.5 Å². The molecule has 3 heterocycles. The second-order valence-electron chi connectivity index (χ2n) is 8.99. The van der Waals surface area contributed by atoms with Crippen molar-refractivity contribution < 1.29 is 37.5 Å². The second-order valence-corrected chi connectivity index (χ2v) is 8.99. The van der Waals surface area contributed by atoms with Crippen LogP contribution in [0.4, 0.5) is 5.82 Å². The maximum atomic E-state index is 12.0. The molecule has 1 fully saturated rings. The van der Waals surface area contributed by atoms with Crippen molar-refractivity contribution >= 4 is 28.1 Å². The SMILES string of the molecule is CNC(=O)C1CC(c2nc(-c3ccc4[c-]cc(-c5ccccc5)nc4c3C)c3c(N)ncnn23)C1.[Y]. The number of pyridine rings is 1. The van der Waals surface area contributed by atoms with E-state index >= 15 is 0 Å². The number of carbonyl (C=O) groups excluding carboxylic acids is 1. The van der Waals surface area contributed by atoms with Gasteiger partial charge in [-0.25, -0.2) is 14.5 Å². The van der Waals surface area contributed by atoms with Crippen LogP contribution < -0.4 is 11.1 Å². The fourth-order valence-electron chi connectivity index (χ4n) is 4.95. The molecule has 1 amide bonds. The standard InChI is InChI=1S/C27H24N7O.Y/c1-15-20(10-8-17-9-11-21(32-22(15)17)16-6-4-3-5-7-16)23-24-25(28)30-14-31-34(24)26(33-23)18-12-19(13-18)27(35)29-2;/h3-8,10-11,14,18-19H,12-13H2,1-2H3,(H,29,35)(H2,28,30,31);/q-1;. The molecule has 0 unspecified atom stereocenters. The van der Waals surface area contributed by atoms with Crippen LogP contribution in [0.1, 0.15) is 30.1 Å². The molecule has 3 aromatic heterocycles. The summed E-state index contributed by atoms with van der Waals surface area (Å²) >= 11 is 0. The van der Waals surface area contributed by atoms with E-state index in [2.05, 4.69) is 21.5 Å². The van der Waals surface area contributed by atoms with E-state index in [1.54, 1.807) is 11.6 Å². The van der Waals surface area contributed by atoms with Crippen molar-refractivity contribution in [2.24, 2.45) is 5.92 Å². The molecule has 9 heteroatoms.